The monoisotopic (exact) mass is 576 g/mol. The molecule has 0 heterocycles. The minimum absolute atomic E-state index is 0.0781. The van der Waals surface area contributed by atoms with Gasteiger partial charge in [-0.25, -0.2) is 13.1 Å². The number of carbonyl (C=O) groups is 2. The van der Waals surface area contributed by atoms with E-state index < -0.39 is 21.8 Å². The van der Waals surface area contributed by atoms with Gasteiger partial charge >= 0.3 is 0 Å². The van der Waals surface area contributed by atoms with Crippen LogP contribution in [0.4, 0.5) is 0 Å². The molecule has 4 rings (SSSR count). The Hall–Kier alpha value is -4.21. The van der Waals surface area contributed by atoms with Gasteiger partial charge in [-0.1, -0.05) is 60.7 Å². The molecule has 0 aliphatic carbocycles. The molecule has 9 heteroatoms. The Morgan fingerprint density at radius 1 is 0.757 bits per heavy atom. The fourth-order valence-electron chi connectivity index (χ4n) is 3.23. The van der Waals surface area contributed by atoms with Crippen molar-refractivity contribution >= 4 is 43.8 Å². The third-order valence-electron chi connectivity index (χ3n) is 5.06. The summed E-state index contributed by atoms with van der Waals surface area (Å²) in [6.45, 7) is 0. The molecule has 2 N–H and O–H groups in total. The van der Waals surface area contributed by atoms with Gasteiger partial charge in [0.15, 0.2) is 0 Å². The third kappa shape index (κ3) is 6.93. The predicted octanol–water partition coefficient (Wildman–Crippen LogP) is 5.52. The van der Waals surface area contributed by atoms with Gasteiger partial charge in [0.1, 0.15) is 17.2 Å². The number of benzene rings is 4. The lowest BCUT2D eigenvalue weighted by molar-refractivity contribution is -0.116. The van der Waals surface area contributed by atoms with Crippen molar-refractivity contribution < 1.29 is 22.7 Å². The average molecular weight is 577 g/mol. The van der Waals surface area contributed by atoms with E-state index in [4.69, 9.17) is 4.74 Å². The van der Waals surface area contributed by atoms with Gasteiger partial charge < -0.3 is 10.1 Å². The molecule has 0 saturated carbocycles. The maximum atomic E-state index is 13.0. The van der Waals surface area contributed by atoms with Gasteiger partial charge in [-0.15, -0.1) is 0 Å². The number of nitrogens with one attached hydrogen (secondary N) is 2. The van der Waals surface area contributed by atoms with Crippen LogP contribution in [0, 0.1) is 0 Å². The lowest BCUT2D eigenvalue weighted by Gasteiger charge is -2.12. The van der Waals surface area contributed by atoms with E-state index in [0.29, 0.717) is 22.6 Å². The molecule has 4 aromatic rings. The Morgan fingerprint density at radius 3 is 2.00 bits per heavy atom. The maximum absolute atomic E-state index is 13.0. The van der Waals surface area contributed by atoms with Crippen LogP contribution in [0.25, 0.3) is 6.08 Å². The van der Waals surface area contributed by atoms with Gasteiger partial charge in [0.2, 0.25) is 0 Å². The molecule has 0 aromatic heterocycles. The number of hydrogen-bond donors (Lipinski definition) is 2. The molecule has 7 nitrogen and oxygen atoms in total. The van der Waals surface area contributed by atoms with E-state index in [2.05, 4.69) is 21.2 Å². The van der Waals surface area contributed by atoms with Crippen molar-refractivity contribution in [2.45, 2.75) is 4.90 Å². The molecule has 0 unspecified atom stereocenters. The van der Waals surface area contributed by atoms with Crippen LogP contribution in [-0.4, -0.2) is 20.2 Å². The lowest BCUT2D eigenvalue weighted by Crippen LogP contribution is -2.38. The van der Waals surface area contributed by atoms with E-state index in [1.807, 2.05) is 29.0 Å². The number of amides is 2. The predicted molar refractivity (Wildman–Crippen MR) is 144 cm³/mol. The highest BCUT2D eigenvalue weighted by molar-refractivity contribution is 9.10. The van der Waals surface area contributed by atoms with Gasteiger partial charge in [-0.05, 0) is 76.1 Å². The van der Waals surface area contributed by atoms with Crippen molar-refractivity contribution in [3.05, 3.63) is 130 Å². The fourth-order valence-corrected chi connectivity index (χ4v) is 4.58. The summed E-state index contributed by atoms with van der Waals surface area (Å²) in [6, 6.07) is 29.9. The summed E-state index contributed by atoms with van der Waals surface area (Å²) in [6.07, 6.45) is 1.39. The zero-order valence-corrected chi connectivity index (χ0v) is 21.7. The minimum atomic E-state index is -4.16. The molecule has 0 radical (unpaired) electrons. The van der Waals surface area contributed by atoms with Crippen LogP contribution in [0.3, 0.4) is 0 Å². The van der Waals surface area contributed by atoms with Crippen molar-refractivity contribution in [2.24, 2.45) is 0 Å². The van der Waals surface area contributed by atoms with Gasteiger partial charge in [-0.3, -0.25) is 9.59 Å². The van der Waals surface area contributed by atoms with Gasteiger partial charge in [-0.2, -0.15) is 0 Å². The number of halogens is 1. The Morgan fingerprint density at radius 2 is 1.35 bits per heavy atom. The summed E-state index contributed by atoms with van der Waals surface area (Å²) in [5.41, 5.74) is 0.604. The molecule has 4 aromatic carbocycles. The minimum Gasteiger partial charge on any atom is -0.456 e. The second-order valence-corrected chi connectivity index (χ2v) is 10.3. The summed E-state index contributed by atoms with van der Waals surface area (Å²) < 4.78 is 34.1. The molecular weight excluding hydrogens is 556 g/mol. The Bertz CT molecular complexity index is 1540. The largest absolute Gasteiger partial charge is 0.456 e. The SMILES string of the molecule is O=C(NS(=O)(=O)c1ccccc1)/C(=C/c1ccc(Oc2ccccc2Br)cc1)NC(=O)c1ccccc1. The highest BCUT2D eigenvalue weighted by atomic mass is 79.9. The number of rotatable bonds is 8. The highest BCUT2D eigenvalue weighted by Gasteiger charge is 2.22. The Kier molecular flexibility index (Phi) is 8.17. The van der Waals surface area contributed by atoms with Crippen molar-refractivity contribution in [3.63, 3.8) is 0 Å². The number of hydrogen-bond acceptors (Lipinski definition) is 5. The summed E-state index contributed by atoms with van der Waals surface area (Å²) in [7, 11) is -4.16. The van der Waals surface area contributed by atoms with E-state index in [1.54, 1.807) is 72.8 Å². The molecule has 0 aliphatic heterocycles. The van der Waals surface area contributed by atoms with Crippen LogP contribution in [0.15, 0.2) is 124 Å². The Labute approximate surface area is 223 Å². The molecule has 0 saturated heterocycles. The van der Waals surface area contributed by atoms with E-state index >= 15 is 0 Å². The summed E-state index contributed by atoms with van der Waals surface area (Å²) >= 11 is 3.43. The standard InChI is InChI=1S/C28H21BrN2O5S/c29-24-13-7-8-14-26(24)36-22-17-15-20(16-18-22)19-25(30-27(32)21-9-3-1-4-10-21)28(33)31-37(34,35)23-11-5-2-6-12-23/h1-19H,(H,30,32)(H,31,33)/b25-19-. The van der Waals surface area contributed by atoms with Crippen molar-refractivity contribution in [2.75, 3.05) is 0 Å². The Balaban J connectivity index is 1.60. The first kappa shape index (κ1) is 25.9. The molecule has 0 aliphatic rings. The lowest BCUT2D eigenvalue weighted by atomic mass is 10.1. The van der Waals surface area contributed by atoms with Crippen LogP contribution < -0.4 is 14.8 Å². The van der Waals surface area contributed by atoms with E-state index in [1.165, 1.54) is 18.2 Å². The molecule has 0 atom stereocenters. The summed E-state index contributed by atoms with van der Waals surface area (Å²) in [5.74, 6) is -0.364. The zero-order chi connectivity index (χ0) is 26.3. The van der Waals surface area contributed by atoms with Crippen LogP contribution >= 0.6 is 15.9 Å². The van der Waals surface area contributed by atoms with E-state index in [-0.39, 0.29) is 10.6 Å². The molecule has 0 fully saturated rings. The number of para-hydroxylation sites is 1. The number of carbonyl (C=O) groups excluding carboxylic acids is 2. The first-order valence-corrected chi connectivity index (χ1v) is 13.3. The first-order chi connectivity index (χ1) is 17.8. The third-order valence-corrected chi connectivity index (χ3v) is 7.07. The zero-order valence-electron chi connectivity index (χ0n) is 19.3. The number of ether oxygens (including phenoxy) is 1. The van der Waals surface area contributed by atoms with E-state index in [0.717, 1.165) is 4.47 Å². The molecule has 0 bridgehead atoms. The van der Waals surface area contributed by atoms with Crippen LogP contribution in [0.1, 0.15) is 15.9 Å². The quantitative estimate of drug-likeness (QED) is 0.269. The van der Waals surface area contributed by atoms with Crippen LogP contribution in [0.2, 0.25) is 0 Å². The number of sulfonamides is 1. The van der Waals surface area contributed by atoms with Crippen LogP contribution in [-0.2, 0) is 14.8 Å². The summed E-state index contributed by atoms with van der Waals surface area (Å²) in [4.78, 5) is 25.7. The van der Waals surface area contributed by atoms with Crippen molar-refractivity contribution in [1.82, 2.24) is 10.0 Å². The maximum Gasteiger partial charge on any atom is 0.281 e. The van der Waals surface area contributed by atoms with Gasteiger partial charge in [0, 0.05) is 5.56 Å². The van der Waals surface area contributed by atoms with Crippen molar-refractivity contribution in [3.8, 4) is 11.5 Å². The van der Waals surface area contributed by atoms with E-state index in [9.17, 15) is 18.0 Å². The first-order valence-electron chi connectivity index (χ1n) is 11.0. The molecule has 0 spiro atoms. The summed E-state index contributed by atoms with van der Waals surface area (Å²) in [5, 5.41) is 2.53. The molecule has 37 heavy (non-hydrogen) atoms. The van der Waals surface area contributed by atoms with Crippen LogP contribution in [0.5, 0.6) is 11.5 Å². The average Bonchev–Trinajstić information content (AvgIpc) is 2.91. The fraction of sp³-hybridized carbons (Fsp3) is 0. The second kappa shape index (κ2) is 11.7. The normalized spacial score (nSPS) is 11.4. The molecular formula is C28H21BrN2O5S. The van der Waals surface area contributed by atoms with Crippen molar-refractivity contribution in [1.29, 1.82) is 0 Å². The highest BCUT2D eigenvalue weighted by Crippen LogP contribution is 2.29. The van der Waals surface area contributed by atoms with Gasteiger partial charge in [0.05, 0.1) is 9.37 Å². The molecule has 2 amide bonds. The molecule has 186 valence electrons. The smallest absolute Gasteiger partial charge is 0.281 e. The second-order valence-electron chi connectivity index (χ2n) is 7.73. The van der Waals surface area contributed by atoms with Gasteiger partial charge in [0.25, 0.3) is 21.8 Å². The topological polar surface area (TPSA) is 102 Å².